The maximum atomic E-state index is 13.0. The topological polar surface area (TPSA) is 40.6 Å². The molecule has 140 valence electrons. The van der Waals surface area contributed by atoms with Gasteiger partial charge in [0.15, 0.2) is 0 Å². The summed E-state index contributed by atoms with van der Waals surface area (Å²) in [6.45, 7) is 3.07. The number of sulfonamides is 1. The molecule has 0 atom stereocenters. The standard InChI is InChI=1S/C19H22F2N2O2S/c20-17-5-3-16(4-6-17)2-1-11-22-12-14-23(15-13-22)26(24,25)19-9-7-18(21)8-10-19/h3-10H,1-2,11-15H2. The normalized spacial score (nSPS) is 16.7. The second kappa shape index (κ2) is 8.24. The second-order valence-electron chi connectivity index (χ2n) is 6.43. The van der Waals surface area contributed by atoms with E-state index in [9.17, 15) is 17.2 Å². The van der Waals surface area contributed by atoms with E-state index in [1.165, 1.54) is 40.7 Å². The molecule has 4 nitrogen and oxygen atoms in total. The van der Waals surface area contributed by atoms with Crippen molar-refractivity contribution < 1.29 is 17.2 Å². The second-order valence-corrected chi connectivity index (χ2v) is 8.37. The Balaban J connectivity index is 1.47. The van der Waals surface area contributed by atoms with Gasteiger partial charge in [0.1, 0.15) is 11.6 Å². The summed E-state index contributed by atoms with van der Waals surface area (Å²) in [6, 6.07) is 11.5. The molecule has 1 aliphatic heterocycles. The lowest BCUT2D eigenvalue weighted by molar-refractivity contribution is 0.187. The van der Waals surface area contributed by atoms with E-state index in [2.05, 4.69) is 4.90 Å². The van der Waals surface area contributed by atoms with Crippen molar-refractivity contribution in [2.45, 2.75) is 17.7 Å². The summed E-state index contributed by atoms with van der Waals surface area (Å²) in [4.78, 5) is 2.36. The average Bonchev–Trinajstić information content (AvgIpc) is 2.64. The van der Waals surface area contributed by atoms with Crippen molar-refractivity contribution in [2.75, 3.05) is 32.7 Å². The summed E-state index contributed by atoms with van der Waals surface area (Å²) in [7, 11) is -3.57. The Bertz CT molecular complexity index is 816. The van der Waals surface area contributed by atoms with E-state index in [1.807, 2.05) is 0 Å². The molecule has 2 aromatic rings. The van der Waals surface area contributed by atoms with E-state index in [0.717, 1.165) is 24.9 Å². The van der Waals surface area contributed by atoms with Gasteiger partial charge in [-0.3, -0.25) is 0 Å². The molecule has 0 N–H and O–H groups in total. The number of halogens is 2. The summed E-state index contributed by atoms with van der Waals surface area (Å²) in [5, 5.41) is 0. The van der Waals surface area contributed by atoms with E-state index in [-0.39, 0.29) is 10.7 Å². The third-order valence-corrected chi connectivity index (χ3v) is 6.55. The van der Waals surface area contributed by atoms with Crippen LogP contribution in [0.1, 0.15) is 12.0 Å². The maximum Gasteiger partial charge on any atom is 0.243 e. The molecule has 0 radical (unpaired) electrons. The highest BCUT2D eigenvalue weighted by Gasteiger charge is 2.28. The summed E-state index contributed by atoms with van der Waals surface area (Å²) in [5.41, 5.74) is 1.10. The summed E-state index contributed by atoms with van der Waals surface area (Å²) >= 11 is 0. The predicted molar refractivity (Wildman–Crippen MR) is 96.3 cm³/mol. The van der Waals surface area contributed by atoms with Gasteiger partial charge in [0.2, 0.25) is 10.0 Å². The lowest BCUT2D eigenvalue weighted by atomic mass is 10.1. The molecule has 0 amide bonds. The lowest BCUT2D eigenvalue weighted by Crippen LogP contribution is -2.48. The van der Waals surface area contributed by atoms with Gasteiger partial charge >= 0.3 is 0 Å². The van der Waals surface area contributed by atoms with Crippen molar-refractivity contribution in [3.05, 3.63) is 65.7 Å². The molecule has 0 unspecified atom stereocenters. The highest BCUT2D eigenvalue weighted by atomic mass is 32.2. The maximum absolute atomic E-state index is 13.0. The monoisotopic (exact) mass is 380 g/mol. The van der Waals surface area contributed by atoms with Crippen LogP contribution in [0.15, 0.2) is 53.4 Å². The number of benzene rings is 2. The summed E-state index contributed by atoms with van der Waals surface area (Å²) < 4.78 is 52.5. The van der Waals surface area contributed by atoms with Gasteiger partial charge in [-0.15, -0.1) is 0 Å². The van der Waals surface area contributed by atoms with Crippen LogP contribution in [0.5, 0.6) is 0 Å². The Kier molecular flexibility index (Phi) is 6.01. The van der Waals surface area contributed by atoms with E-state index in [1.54, 1.807) is 12.1 Å². The van der Waals surface area contributed by atoms with Crippen LogP contribution in [0.4, 0.5) is 8.78 Å². The summed E-state index contributed by atoms with van der Waals surface area (Å²) in [6.07, 6.45) is 1.81. The third kappa shape index (κ3) is 4.66. The number of aryl methyl sites for hydroxylation is 1. The molecule has 1 fully saturated rings. The van der Waals surface area contributed by atoms with Crippen LogP contribution >= 0.6 is 0 Å². The molecule has 2 aromatic carbocycles. The molecule has 0 saturated carbocycles. The molecule has 1 aliphatic rings. The molecule has 0 aromatic heterocycles. The van der Waals surface area contributed by atoms with Gasteiger partial charge in [-0.2, -0.15) is 4.31 Å². The van der Waals surface area contributed by atoms with Crippen LogP contribution in [0, 0.1) is 11.6 Å². The van der Waals surface area contributed by atoms with Crippen LogP contribution in [0.25, 0.3) is 0 Å². The van der Waals surface area contributed by atoms with Crippen molar-refractivity contribution in [1.29, 1.82) is 0 Å². The quantitative estimate of drug-likeness (QED) is 0.774. The number of piperazine rings is 1. The predicted octanol–water partition coefficient (Wildman–Crippen LogP) is 2.90. The zero-order chi connectivity index (χ0) is 18.6. The fraction of sp³-hybridized carbons (Fsp3) is 0.368. The minimum Gasteiger partial charge on any atom is -0.301 e. The first-order valence-corrected chi connectivity index (χ1v) is 10.1. The van der Waals surface area contributed by atoms with Crippen LogP contribution in [-0.4, -0.2) is 50.3 Å². The molecule has 26 heavy (non-hydrogen) atoms. The third-order valence-electron chi connectivity index (χ3n) is 4.64. The van der Waals surface area contributed by atoms with Crippen LogP contribution in [0.3, 0.4) is 0 Å². The Hall–Kier alpha value is -1.83. The van der Waals surface area contributed by atoms with Crippen molar-refractivity contribution in [3.63, 3.8) is 0 Å². The average molecular weight is 380 g/mol. The van der Waals surface area contributed by atoms with Crippen molar-refractivity contribution >= 4 is 10.0 Å². The summed E-state index contributed by atoms with van der Waals surface area (Å²) in [5.74, 6) is -0.679. The smallest absolute Gasteiger partial charge is 0.243 e. The molecule has 3 rings (SSSR count). The lowest BCUT2D eigenvalue weighted by Gasteiger charge is -2.34. The first-order valence-electron chi connectivity index (χ1n) is 8.68. The van der Waals surface area contributed by atoms with Crippen LogP contribution in [-0.2, 0) is 16.4 Å². The zero-order valence-electron chi connectivity index (χ0n) is 14.4. The first-order chi connectivity index (χ1) is 12.4. The van der Waals surface area contributed by atoms with Crippen molar-refractivity contribution in [2.24, 2.45) is 0 Å². The van der Waals surface area contributed by atoms with Gasteiger partial charge in [0, 0.05) is 26.2 Å². The number of hydrogen-bond donors (Lipinski definition) is 0. The fourth-order valence-electron chi connectivity index (χ4n) is 3.11. The molecule has 0 aliphatic carbocycles. The minimum atomic E-state index is -3.57. The minimum absolute atomic E-state index is 0.128. The zero-order valence-corrected chi connectivity index (χ0v) is 15.3. The van der Waals surface area contributed by atoms with Gasteiger partial charge in [0.05, 0.1) is 4.90 Å². The van der Waals surface area contributed by atoms with E-state index in [0.29, 0.717) is 26.2 Å². The molecule has 7 heteroatoms. The molecule has 1 saturated heterocycles. The van der Waals surface area contributed by atoms with E-state index < -0.39 is 15.8 Å². The van der Waals surface area contributed by atoms with Crippen molar-refractivity contribution in [3.8, 4) is 0 Å². The Morgan fingerprint density at radius 1 is 0.808 bits per heavy atom. The molecular formula is C19H22F2N2O2S. The molecule has 0 bridgehead atoms. The van der Waals surface area contributed by atoms with Gasteiger partial charge in [-0.1, -0.05) is 12.1 Å². The van der Waals surface area contributed by atoms with E-state index >= 15 is 0 Å². The fourth-order valence-corrected chi connectivity index (χ4v) is 4.53. The molecule has 0 spiro atoms. The number of hydrogen-bond acceptors (Lipinski definition) is 3. The van der Waals surface area contributed by atoms with Gasteiger partial charge in [-0.05, 0) is 61.3 Å². The Labute approximate surface area is 153 Å². The van der Waals surface area contributed by atoms with Crippen LogP contribution in [0.2, 0.25) is 0 Å². The van der Waals surface area contributed by atoms with Gasteiger partial charge < -0.3 is 4.90 Å². The Morgan fingerprint density at radius 2 is 1.35 bits per heavy atom. The van der Waals surface area contributed by atoms with Gasteiger partial charge in [0.25, 0.3) is 0 Å². The van der Waals surface area contributed by atoms with E-state index in [4.69, 9.17) is 0 Å². The Morgan fingerprint density at radius 3 is 1.92 bits per heavy atom. The molecular weight excluding hydrogens is 358 g/mol. The SMILES string of the molecule is O=S(=O)(c1ccc(F)cc1)N1CCN(CCCc2ccc(F)cc2)CC1. The van der Waals surface area contributed by atoms with Crippen molar-refractivity contribution in [1.82, 2.24) is 9.21 Å². The highest BCUT2D eigenvalue weighted by Crippen LogP contribution is 2.18. The number of nitrogens with zero attached hydrogens (tertiary/aromatic N) is 2. The first kappa shape index (κ1) is 18.9. The van der Waals surface area contributed by atoms with Crippen LogP contribution < -0.4 is 0 Å². The molecule has 1 heterocycles. The van der Waals surface area contributed by atoms with Gasteiger partial charge in [-0.25, -0.2) is 17.2 Å². The number of rotatable bonds is 6. The largest absolute Gasteiger partial charge is 0.301 e. The highest BCUT2D eigenvalue weighted by molar-refractivity contribution is 7.89.